The second kappa shape index (κ2) is 10.5. The summed E-state index contributed by atoms with van der Waals surface area (Å²) in [5, 5.41) is 0. The molecule has 0 atom stereocenters. The molecule has 0 aromatic heterocycles. The molecule has 5 nitrogen and oxygen atoms in total. The fourth-order valence-electron chi connectivity index (χ4n) is 2.98. The Morgan fingerprint density at radius 3 is 2.31 bits per heavy atom. The molecule has 2 aromatic carbocycles. The minimum atomic E-state index is -0.455. The van der Waals surface area contributed by atoms with E-state index < -0.39 is 5.97 Å². The summed E-state index contributed by atoms with van der Waals surface area (Å²) in [5.74, 6) is 1.42. The van der Waals surface area contributed by atoms with Crippen LogP contribution in [0.2, 0.25) is 0 Å². The van der Waals surface area contributed by atoms with Crippen molar-refractivity contribution in [1.29, 1.82) is 0 Å². The van der Waals surface area contributed by atoms with Gasteiger partial charge in [-0.2, -0.15) is 0 Å². The minimum Gasteiger partial charge on any atom is -0.497 e. The number of methoxy groups -OCH3 is 1. The molecule has 1 heterocycles. The lowest BCUT2D eigenvalue weighted by molar-refractivity contribution is -0.129. The normalized spacial score (nSPS) is 14.6. The van der Waals surface area contributed by atoms with Gasteiger partial charge in [-0.1, -0.05) is 44.7 Å². The Labute approximate surface area is 172 Å². The first kappa shape index (κ1) is 20.6. The highest BCUT2D eigenvalue weighted by Gasteiger charge is 2.24. The summed E-state index contributed by atoms with van der Waals surface area (Å²) in [7, 11) is 1.61. The molecule has 0 amide bonds. The number of cyclic esters (lactones) is 1. The lowest BCUT2D eigenvalue weighted by Crippen LogP contribution is -2.05. The zero-order chi connectivity index (χ0) is 20.5. The van der Waals surface area contributed by atoms with E-state index in [0.29, 0.717) is 12.5 Å². The van der Waals surface area contributed by atoms with Crippen LogP contribution in [0.25, 0.3) is 6.08 Å². The maximum atomic E-state index is 12.1. The van der Waals surface area contributed by atoms with E-state index in [1.54, 1.807) is 13.2 Å². The van der Waals surface area contributed by atoms with Crippen LogP contribution in [0.4, 0.5) is 0 Å². The maximum absolute atomic E-state index is 12.1. The van der Waals surface area contributed by atoms with Crippen LogP contribution in [-0.4, -0.2) is 25.6 Å². The average Bonchev–Trinajstić information content (AvgIpc) is 3.12. The zero-order valence-electron chi connectivity index (χ0n) is 17.0. The van der Waals surface area contributed by atoms with E-state index >= 15 is 0 Å². The molecule has 0 N–H and O–H groups in total. The molecule has 3 rings (SSSR count). The van der Waals surface area contributed by atoms with Crippen LogP contribution in [0.1, 0.15) is 50.2 Å². The van der Waals surface area contributed by atoms with E-state index in [0.717, 1.165) is 29.0 Å². The Kier molecular flexibility index (Phi) is 7.45. The van der Waals surface area contributed by atoms with Gasteiger partial charge < -0.3 is 14.2 Å². The largest absolute Gasteiger partial charge is 0.497 e. The van der Waals surface area contributed by atoms with Crippen LogP contribution in [-0.2, 0) is 9.53 Å². The van der Waals surface area contributed by atoms with Gasteiger partial charge in [0.25, 0.3) is 0 Å². The van der Waals surface area contributed by atoms with E-state index in [2.05, 4.69) is 11.9 Å². The summed E-state index contributed by atoms with van der Waals surface area (Å²) in [4.78, 5) is 16.5. The highest BCUT2D eigenvalue weighted by Crippen LogP contribution is 2.22. The molecule has 0 spiro atoms. The SMILES string of the molecule is CCCCCCCOc1ccc(C2=N/C(=C\c3ccc(OC)cc3)C(=O)O2)cc1. The Balaban J connectivity index is 1.59. The lowest BCUT2D eigenvalue weighted by Gasteiger charge is -2.07. The fourth-order valence-corrected chi connectivity index (χ4v) is 2.98. The average molecular weight is 393 g/mol. The summed E-state index contributed by atoms with van der Waals surface area (Å²) in [6, 6.07) is 14.9. The molecular weight excluding hydrogens is 366 g/mol. The van der Waals surface area contributed by atoms with Gasteiger partial charge in [-0.3, -0.25) is 0 Å². The second-order valence-electron chi connectivity index (χ2n) is 6.90. The second-order valence-corrected chi connectivity index (χ2v) is 6.90. The van der Waals surface area contributed by atoms with E-state index in [1.165, 1.54) is 25.7 Å². The van der Waals surface area contributed by atoms with E-state index in [-0.39, 0.29) is 5.70 Å². The molecule has 1 aliphatic rings. The summed E-state index contributed by atoms with van der Waals surface area (Å²) in [5.41, 5.74) is 1.87. The van der Waals surface area contributed by atoms with Gasteiger partial charge in [0.15, 0.2) is 5.70 Å². The number of aliphatic imine (C=N–C) groups is 1. The van der Waals surface area contributed by atoms with Crippen LogP contribution in [0.15, 0.2) is 59.2 Å². The summed E-state index contributed by atoms with van der Waals surface area (Å²) in [6.07, 6.45) is 7.74. The van der Waals surface area contributed by atoms with Gasteiger partial charge in [0.05, 0.1) is 13.7 Å². The van der Waals surface area contributed by atoms with Crippen LogP contribution >= 0.6 is 0 Å². The number of ether oxygens (including phenoxy) is 3. The number of rotatable bonds is 10. The molecule has 2 aromatic rings. The number of hydrogen-bond acceptors (Lipinski definition) is 5. The molecule has 152 valence electrons. The van der Waals surface area contributed by atoms with Crippen molar-refractivity contribution in [2.24, 2.45) is 4.99 Å². The third-order valence-electron chi connectivity index (χ3n) is 4.66. The van der Waals surface area contributed by atoms with Gasteiger partial charge in [-0.05, 0) is 54.5 Å². The smallest absolute Gasteiger partial charge is 0.363 e. The van der Waals surface area contributed by atoms with Gasteiger partial charge in [-0.15, -0.1) is 0 Å². The fraction of sp³-hybridized carbons (Fsp3) is 0.333. The molecule has 29 heavy (non-hydrogen) atoms. The Bertz CT molecular complexity index is 867. The molecule has 0 saturated carbocycles. The molecule has 1 aliphatic heterocycles. The predicted octanol–water partition coefficient (Wildman–Crippen LogP) is 5.39. The zero-order valence-corrected chi connectivity index (χ0v) is 17.0. The highest BCUT2D eigenvalue weighted by atomic mass is 16.6. The summed E-state index contributed by atoms with van der Waals surface area (Å²) >= 11 is 0. The first-order valence-electron chi connectivity index (χ1n) is 10.1. The molecule has 5 heteroatoms. The third kappa shape index (κ3) is 5.95. The van der Waals surface area contributed by atoms with Gasteiger partial charge in [-0.25, -0.2) is 9.79 Å². The number of hydrogen-bond donors (Lipinski definition) is 0. The Hall–Kier alpha value is -3.08. The number of carbonyl (C=O) groups is 1. The molecular formula is C24H27NO4. The van der Waals surface area contributed by atoms with E-state index in [1.807, 2.05) is 48.5 Å². The number of carbonyl (C=O) groups excluding carboxylic acids is 1. The van der Waals surface area contributed by atoms with Crippen molar-refractivity contribution >= 4 is 17.9 Å². The predicted molar refractivity (Wildman–Crippen MR) is 114 cm³/mol. The van der Waals surface area contributed by atoms with Crippen LogP contribution in [0.3, 0.4) is 0 Å². The molecule has 0 saturated heterocycles. The first-order valence-corrected chi connectivity index (χ1v) is 10.1. The van der Waals surface area contributed by atoms with Crippen molar-refractivity contribution in [3.8, 4) is 11.5 Å². The van der Waals surface area contributed by atoms with Crippen molar-refractivity contribution < 1.29 is 19.0 Å². The van der Waals surface area contributed by atoms with Crippen molar-refractivity contribution in [2.45, 2.75) is 39.0 Å². The maximum Gasteiger partial charge on any atom is 0.363 e. The van der Waals surface area contributed by atoms with Gasteiger partial charge >= 0.3 is 5.97 Å². The number of unbranched alkanes of at least 4 members (excludes halogenated alkanes) is 4. The monoisotopic (exact) mass is 393 g/mol. The Morgan fingerprint density at radius 2 is 1.62 bits per heavy atom. The third-order valence-corrected chi connectivity index (χ3v) is 4.66. The minimum absolute atomic E-state index is 0.276. The highest BCUT2D eigenvalue weighted by molar-refractivity contribution is 6.12. The van der Waals surface area contributed by atoms with Crippen molar-refractivity contribution in [2.75, 3.05) is 13.7 Å². The van der Waals surface area contributed by atoms with Crippen LogP contribution in [0.5, 0.6) is 11.5 Å². The van der Waals surface area contributed by atoms with E-state index in [4.69, 9.17) is 14.2 Å². The van der Waals surface area contributed by atoms with E-state index in [9.17, 15) is 4.79 Å². The van der Waals surface area contributed by atoms with Gasteiger partial charge in [0.2, 0.25) is 5.90 Å². The number of nitrogens with zero attached hydrogens (tertiary/aromatic N) is 1. The quantitative estimate of drug-likeness (QED) is 0.309. The molecule has 0 unspecified atom stereocenters. The Morgan fingerprint density at radius 1 is 0.931 bits per heavy atom. The molecule has 0 bridgehead atoms. The molecule has 0 radical (unpaired) electrons. The van der Waals surface area contributed by atoms with Gasteiger partial charge in [0, 0.05) is 5.56 Å². The summed E-state index contributed by atoms with van der Waals surface area (Å²) in [6.45, 7) is 2.93. The lowest BCUT2D eigenvalue weighted by atomic mass is 10.2. The molecule has 0 fully saturated rings. The summed E-state index contributed by atoms with van der Waals surface area (Å²) < 4.78 is 16.2. The van der Waals surface area contributed by atoms with Crippen molar-refractivity contribution in [3.63, 3.8) is 0 Å². The topological polar surface area (TPSA) is 57.1 Å². The van der Waals surface area contributed by atoms with Crippen molar-refractivity contribution in [3.05, 3.63) is 65.4 Å². The number of esters is 1. The molecule has 0 aliphatic carbocycles. The first-order chi connectivity index (χ1) is 14.2. The van der Waals surface area contributed by atoms with Crippen molar-refractivity contribution in [1.82, 2.24) is 0 Å². The van der Waals surface area contributed by atoms with Crippen LogP contribution < -0.4 is 9.47 Å². The van der Waals surface area contributed by atoms with Gasteiger partial charge in [0.1, 0.15) is 11.5 Å². The number of benzene rings is 2. The van der Waals surface area contributed by atoms with Crippen LogP contribution in [0, 0.1) is 0 Å². The standard InChI is InChI=1S/C24H27NO4/c1-3-4-5-6-7-16-28-21-14-10-19(11-15-21)23-25-22(24(26)29-23)17-18-8-12-20(27-2)13-9-18/h8-15,17H,3-7,16H2,1-2H3/b22-17-.